The summed E-state index contributed by atoms with van der Waals surface area (Å²) in [6.45, 7) is 3.80. The fourth-order valence-electron chi connectivity index (χ4n) is 3.48. The largest absolute Gasteiger partial charge is 0.325 e. The Morgan fingerprint density at radius 3 is 2.25 bits per heavy atom. The first-order valence-electron chi connectivity index (χ1n) is 10.3. The third kappa shape index (κ3) is 5.14. The Morgan fingerprint density at radius 2 is 1.66 bits per heavy atom. The average molecular weight is 459 g/mol. The molecule has 1 fully saturated rings. The van der Waals surface area contributed by atoms with Crippen LogP contribution in [0.15, 0.2) is 59.5 Å². The lowest BCUT2D eigenvalue weighted by Crippen LogP contribution is -2.38. The number of urea groups is 1. The van der Waals surface area contributed by atoms with Crippen LogP contribution in [0.3, 0.4) is 0 Å². The van der Waals surface area contributed by atoms with E-state index in [0.29, 0.717) is 25.2 Å². The van der Waals surface area contributed by atoms with Crippen LogP contribution in [0.1, 0.15) is 19.4 Å². The number of imide groups is 1. The van der Waals surface area contributed by atoms with Gasteiger partial charge >= 0.3 is 6.03 Å². The molecule has 2 aromatic rings. The normalized spacial score (nSPS) is 16.3. The lowest BCUT2D eigenvalue weighted by Gasteiger charge is -2.18. The number of nitrogens with one attached hydrogen (secondary N) is 2. The van der Waals surface area contributed by atoms with Crippen molar-refractivity contribution in [2.24, 2.45) is 0 Å². The SMILES string of the molecule is CCN(CC)S(=O)(=O)c1ccc(NC(=O)CN2C(=O)NC(Cc3ccccc3)C2=O)cc1. The number of hydrogen-bond acceptors (Lipinski definition) is 5. The van der Waals surface area contributed by atoms with Gasteiger partial charge in [0.2, 0.25) is 15.9 Å². The summed E-state index contributed by atoms with van der Waals surface area (Å²) in [4.78, 5) is 38.2. The van der Waals surface area contributed by atoms with E-state index in [1.165, 1.54) is 28.6 Å². The molecule has 0 radical (unpaired) electrons. The molecule has 10 heteroatoms. The number of anilines is 1. The van der Waals surface area contributed by atoms with Crippen LogP contribution in [-0.4, -0.2) is 61.1 Å². The highest BCUT2D eigenvalue weighted by atomic mass is 32.2. The minimum absolute atomic E-state index is 0.122. The van der Waals surface area contributed by atoms with Crippen LogP contribution in [-0.2, 0) is 26.0 Å². The lowest BCUT2D eigenvalue weighted by atomic mass is 10.1. The molecule has 0 aliphatic carbocycles. The molecule has 1 heterocycles. The highest BCUT2D eigenvalue weighted by Crippen LogP contribution is 2.19. The van der Waals surface area contributed by atoms with Crippen molar-refractivity contribution >= 4 is 33.6 Å². The molecule has 32 heavy (non-hydrogen) atoms. The van der Waals surface area contributed by atoms with Crippen molar-refractivity contribution < 1.29 is 22.8 Å². The molecule has 2 aromatic carbocycles. The minimum atomic E-state index is -3.60. The van der Waals surface area contributed by atoms with Gasteiger partial charge in [-0.3, -0.25) is 14.5 Å². The van der Waals surface area contributed by atoms with Crippen LogP contribution in [0, 0.1) is 0 Å². The first-order chi connectivity index (χ1) is 15.3. The predicted octanol–water partition coefficient (Wildman–Crippen LogP) is 1.82. The molecule has 4 amide bonds. The zero-order chi connectivity index (χ0) is 23.3. The fourth-order valence-corrected chi connectivity index (χ4v) is 4.94. The van der Waals surface area contributed by atoms with Gasteiger partial charge in [0.25, 0.3) is 5.91 Å². The van der Waals surface area contributed by atoms with Crippen molar-refractivity contribution in [2.45, 2.75) is 31.2 Å². The summed E-state index contributed by atoms with van der Waals surface area (Å²) in [5, 5.41) is 5.19. The van der Waals surface area contributed by atoms with E-state index in [9.17, 15) is 22.8 Å². The van der Waals surface area contributed by atoms with Crippen molar-refractivity contribution in [2.75, 3.05) is 25.0 Å². The average Bonchev–Trinajstić information content (AvgIpc) is 3.03. The highest BCUT2D eigenvalue weighted by Gasteiger charge is 2.38. The number of carbonyl (C=O) groups is 3. The van der Waals surface area contributed by atoms with Gasteiger partial charge < -0.3 is 10.6 Å². The Morgan fingerprint density at radius 1 is 1.03 bits per heavy atom. The molecule has 1 atom stereocenters. The zero-order valence-electron chi connectivity index (χ0n) is 17.9. The Kier molecular flexibility index (Phi) is 7.26. The second-order valence-corrected chi connectivity index (χ2v) is 9.22. The second-order valence-electron chi connectivity index (χ2n) is 7.28. The monoisotopic (exact) mass is 458 g/mol. The first kappa shape index (κ1) is 23.4. The standard InChI is InChI=1S/C22H26N4O5S/c1-3-25(4-2)32(30,31)18-12-10-17(11-13-18)23-20(27)15-26-21(28)19(24-22(26)29)14-16-8-6-5-7-9-16/h5-13,19H,3-4,14-15H2,1-2H3,(H,23,27)(H,24,29). The van der Waals surface area contributed by atoms with Gasteiger partial charge in [0.15, 0.2) is 0 Å². The molecular weight excluding hydrogens is 432 g/mol. The molecule has 170 valence electrons. The molecular formula is C22H26N4O5S. The molecule has 9 nitrogen and oxygen atoms in total. The summed E-state index contributed by atoms with van der Waals surface area (Å²) < 4.78 is 26.4. The summed E-state index contributed by atoms with van der Waals surface area (Å²) in [6.07, 6.45) is 0.339. The van der Waals surface area contributed by atoms with Crippen LogP contribution in [0.25, 0.3) is 0 Å². The van der Waals surface area contributed by atoms with Gasteiger partial charge in [0.1, 0.15) is 12.6 Å². The van der Waals surface area contributed by atoms with Gasteiger partial charge in [-0.15, -0.1) is 0 Å². The van der Waals surface area contributed by atoms with Gasteiger partial charge in [-0.2, -0.15) is 4.31 Å². The van der Waals surface area contributed by atoms with Gasteiger partial charge in [0, 0.05) is 25.2 Å². The lowest BCUT2D eigenvalue weighted by molar-refractivity contribution is -0.130. The topological polar surface area (TPSA) is 116 Å². The zero-order valence-corrected chi connectivity index (χ0v) is 18.8. The van der Waals surface area contributed by atoms with Crippen molar-refractivity contribution in [3.05, 3.63) is 60.2 Å². The van der Waals surface area contributed by atoms with E-state index in [4.69, 9.17) is 0 Å². The van der Waals surface area contributed by atoms with E-state index in [1.807, 2.05) is 30.3 Å². The second kappa shape index (κ2) is 9.92. The Labute approximate surface area is 187 Å². The van der Waals surface area contributed by atoms with Crippen LogP contribution in [0.4, 0.5) is 10.5 Å². The molecule has 0 aromatic heterocycles. The fraction of sp³-hybridized carbons (Fsp3) is 0.318. The molecule has 0 bridgehead atoms. The predicted molar refractivity (Wildman–Crippen MR) is 119 cm³/mol. The Hall–Kier alpha value is -3.24. The number of hydrogen-bond donors (Lipinski definition) is 2. The number of rotatable bonds is 9. The molecule has 0 spiro atoms. The number of carbonyl (C=O) groups excluding carboxylic acids is 3. The summed E-state index contributed by atoms with van der Waals surface area (Å²) >= 11 is 0. The van der Waals surface area contributed by atoms with Crippen molar-refractivity contribution in [1.82, 2.24) is 14.5 Å². The van der Waals surface area contributed by atoms with E-state index < -0.39 is 40.5 Å². The third-order valence-electron chi connectivity index (χ3n) is 5.17. The maximum absolute atomic E-state index is 12.6. The molecule has 1 aliphatic rings. The summed E-state index contributed by atoms with van der Waals surface area (Å²) in [7, 11) is -3.60. The van der Waals surface area contributed by atoms with Crippen LogP contribution < -0.4 is 10.6 Å². The highest BCUT2D eigenvalue weighted by molar-refractivity contribution is 7.89. The first-order valence-corrected chi connectivity index (χ1v) is 11.8. The summed E-state index contributed by atoms with van der Waals surface area (Å²) in [6, 6.07) is 13.7. The smallest absolute Gasteiger partial charge is 0.325 e. The van der Waals surface area contributed by atoms with Crippen LogP contribution in [0.2, 0.25) is 0 Å². The Balaban J connectivity index is 1.61. The van der Waals surface area contributed by atoms with Crippen molar-refractivity contribution in [3.8, 4) is 0 Å². The number of amides is 4. The number of sulfonamides is 1. The maximum Gasteiger partial charge on any atom is 0.325 e. The summed E-state index contributed by atoms with van der Waals surface area (Å²) in [5.74, 6) is -1.03. The molecule has 1 unspecified atom stereocenters. The number of nitrogens with zero attached hydrogens (tertiary/aromatic N) is 2. The van der Waals surface area contributed by atoms with Crippen molar-refractivity contribution in [3.63, 3.8) is 0 Å². The molecule has 2 N–H and O–H groups in total. The van der Waals surface area contributed by atoms with E-state index in [-0.39, 0.29) is 4.90 Å². The van der Waals surface area contributed by atoms with Gasteiger partial charge in [-0.1, -0.05) is 44.2 Å². The molecule has 0 saturated carbocycles. The van der Waals surface area contributed by atoms with Gasteiger partial charge in [-0.25, -0.2) is 13.2 Å². The Bertz CT molecular complexity index is 1080. The van der Waals surface area contributed by atoms with E-state index >= 15 is 0 Å². The maximum atomic E-state index is 12.6. The van der Waals surface area contributed by atoms with Crippen LogP contribution in [0.5, 0.6) is 0 Å². The van der Waals surface area contributed by atoms with Gasteiger partial charge in [0.05, 0.1) is 4.90 Å². The molecule has 3 rings (SSSR count). The van der Waals surface area contributed by atoms with Crippen LogP contribution >= 0.6 is 0 Å². The van der Waals surface area contributed by atoms with E-state index in [0.717, 1.165) is 10.5 Å². The minimum Gasteiger partial charge on any atom is -0.325 e. The van der Waals surface area contributed by atoms with Gasteiger partial charge in [-0.05, 0) is 29.8 Å². The van der Waals surface area contributed by atoms with Crippen molar-refractivity contribution in [1.29, 1.82) is 0 Å². The summed E-state index contributed by atoms with van der Waals surface area (Å²) in [5.41, 5.74) is 1.26. The third-order valence-corrected chi connectivity index (χ3v) is 7.24. The van der Waals surface area contributed by atoms with E-state index in [2.05, 4.69) is 10.6 Å². The van der Waals surface area contributed by atoms with E-state index in [1.54, 1.807) is 13.8 Å². The molecule has 1 aliphatic heterocycles. The number of benzene rings is 2. The molecule has 1 saturated heterocycles. The quantitative estimate of drug-likeness (QED) is 0.556.